The number of benzene rings is 2. The molecule has 0 aromatic heterocycles. The molecular weight excluding hydrogens is 224 g/mol. The summed E-state index contributed by atoms with van der Waals surface area (Å²) in [5.74, 6) is 0.322. The fraction of sp³-hybridized carbons (Fsp3) is 0.0625. The summed E-state index contributed by atoms with van der Waals surface area (Å²) in [6.45, 7) is 7.83. The molecule has 0 aliphatic rings. The van der Waals surface area contributed by atoms with Crippen LogP contribution in [0.15, 0.2) is 67.2 Å². The van der Waals surface area contributed by atoms with Gasteiger partial charge >= 0.3 is 0 Å². The molecule has 0 aliphatic carbocycles. The molecule has 1 N–H and O–H groups in total. The lowest BCUT2D eigenvalue weighted by Crippen LogP contribution is -1.72. The molecule has 2 nitrogen and oxygen atoms in total. The molecule has 2 rings (SSSR count). The standard InChI is InChI=1S/C9H10.C6H6O.CH2O/c1-8(2)9-6-4-3-5-7-9;7-6-4-2-1-3-5-6;1-2/h3-7H,1H2,2H3;1-5,7H;1H2. The van der Waals surface area contributed by atoms with Gasteiger partial charge in [0.15, 0.2) is 0 Å². The molecule has 0 radical (unpaired) electrons. The second-order valence-electron chi connectivity index (χ2n) is 3.48. The Labute approximate surface area is 108 Å². The molecule has 0 heterocycles. The van der Waals surface area contributed by atoms with E-state index in [9.17, 15) is 0 Å². The average molecular weight is 242 g/mol. The Kier molecular flexibility index (Phi) is 8.56. The van der Waals surface area contributed by atoms with E-state index in [4.69, 9.17) is 9.90 Å². The van der Waals surface area contributed by atoms with Crippen molar-refractivity contribution in [2.45, 2.75) is 6.92 Å². The predicted molar refractivity (Wildman–Crippen MR) is 76.4 cm³/mol. The zero-order chi connectivity index (χ0) is 13.8. The van der Waals surface area contributed by atoms with Gasteiger partial charge in [-0.05, 0) is 24.6 Å². The van der Waals surface area contributed by atoms with Crippen molar-refractivity contribution in [3.63, 3.8) is 0 Å². The van der Waals surface area contributed by atoms with Gasteiger partial charge in [-0.15, -0.1) is 0 Å². The van der Waals surface area contributed by atoms with E-state index in [0.717, 1.165) is 5.57 Å². The van der Waals surface area contributed by atoms with Crippen molar-refractivity contribution in [1.29, 1.82) is 0 Å². The average Bonchev–Trinajstić information content (AvgIpc) is 2.43. The first-order valence-corrected chi connectivity index (χ1v) is 5.44. The second kappa shape index (κ2) is 9.85. The van der Waals surface area contributed by atoms with E-state index >= 15 is 0 Å². The SMILES string of the molecule is C=C(C)c1ccccc1.C=O.Oc1ccccc1. The number of phenolic OH excluding ortho intramolecular Hbond substituents is 1. The summed E-state index contributed by atoms with van der Waals surface area (Å²) in [6.07, 6.45) is 0. The number of hydrogen-bond acceptors (Lipinski definition) is 2. The molecule has 0 fully saturated rings. The fourth-order valence-electron chi connectivity index (χ4n) is 1.15. The largest absolute Gasteiger partial charge is 0.508 e. The molecule has 18 heavy (non-hydrogen) atoms. The third kappa shape index (κ3) is 7.01. The highest BCUT2D eigenvalue weighted by molar-refractivity contribution is 5.60. The van der Waals surface area contributed by atoms with E-state index in [0.29, 0.717) is 5.75 Å². The van der Waals surface area contributed by atoms with Gasteiger partial charge in [-0.1, -0.05) is 60.7 Å². The number of hydrogen-bond donors (Lipinski definition) is 1. The van der Waals surface area contributed by atoms with Crippen LogP contribution in [0.25, 0.3) is 5.57 Å². The van der Waals surface area contributed by atoms with Gasteiger partial charge < -0.3 is 9.90 Å². The van der Waals surface area contributed by atoms with E-state index in [1.165, 1.54) is 5.56 Å². The molecule has 0 atom stereocenters. The lowest BCUT2D eigenvalue weighted by atomic mass is 10.1. The van der Waals surface area contributed by atoms with Crippen molar-refractivity contribution in [2.24, 2.45) is 0 Å². The van der Waals surface area contributed by atoms with Gasteiger partial charge in [-0.2, -0.15) is 0 Å². The van der Waals surface area contributed by atoms with Crippen LogP contribution in [0.5, 0.6) is 5.75 Å². The number of rotatable bonds is 1. The van der Waals surface area contributed by atoms with Crippen molar-refractivity contribution >= 4 is 12.4 Å². The van der Waals surface area contributed by atoms with Gasteiger partial charge in [0.1, 0.15) is 12.5 Å². The summed E-state index contributed by atoms with van der Waals surface area (Å²) in [6, 6.07) is 18.9. The summed E-state index contributed by atoms with van der Waals surface area (Å²) >= 11 is 0. The minimum Gasteiger partial charge on any atom is -0.508 e. The summed E-state index contributed by atoms with van der Waals surface area (Å²) in [4.78, 5) is 8.00. The van der Waals surface area contributed by atoms with E-state index < -0.39 is 0 Å². The van der Waals surface area contributed by atoms with Crippen molar-refractivity contribution in [3.05, 3.63) is 72.8 Å². The molecule has 0 saturated carbocycles. The number of carbonyl (C=O) groups excluding carboxylic acids is 1. The minimum absolute atomic E-state index is 0.322. The van der Waals surface area contributed by atoms with Crippen LogP contribution in [-0.2, 0) is 4.79 Å². The maximum absolute atomic E-state index is 8.63. The molecule has 0 unspecified atom stereocenters. The third-order valence-corrected chi connectivity index (χ3v) is 2.02. The summed E-state index contributed by atoms with van der Waals surface area (Å²) < 4.78 is 0. The van der Waals surface area contributed by atoms with E-state index in [1.54, 1.807) is 24.3 Å². The molecule has 0 saturated heterocycles. The lowest BCUT2D eigenvalue weighted by Gasteiger charge is -1.94. The van der Waals surface area contributed by atoms with Crippen LogP contribution in [-0.4, -0.2) is 11.9 Å². The van der Waals surface area contributed by atoms with Gasteiger partial charge in [0.2, 0.25) is 0 Å². The molecule has 0 amide bonds. The molecular formula is C16H18O2. The zero-order valence-corrected chi connectivity index (χ0v) is 10.5. The van der Waals surface area contributed by atoms with Crippen LogP contribution in [0.4, 0.5) is 0 Å². The van der Waals surface area contributed by atoms with Crippen molar-refractivity contribution in [2.75, 3.05) is 0 Å². The molecule has 0 spiro atoms. The van der Waals surface area contributed by atoms with Crippen molar-refractivity contribution in [3.8, 4) is 5.75 Å². The van der Waals surface area contributed by atoms with Crippen LogP contribution in [0.2, 0.25) is 0 Å². The Bertz CT molecular complexity index is 435. The normalized spacial score (nSPS) is 8.06. The third-order valence-electron chi connectivity index (χ3n) is 2.02. The number of aromatic hydroxyl groups is 1. The number of para-hydroxylation sites is 1. The van der Waals surface area contributed by atoms with E-state index in [1.807, 2.05) is 38.0 Å². The van der Waals surface area contributed by atoms with Gasteiger partial charge in [0.25, 0.3) is 0 Å². The molecule has 0 aliphatic heterocycles. The van der Waals surface area contributed by atoms with Crippen LogP contribution < -0.4 is 0 Å². The molecule has 94 valence electrons. The van der Waals surface area contributed by atoms with Gasteiger partial charge in [0, 0.05) is 0 Å². The minimum atomic E-state index is 0.322. The number of phenols is 1. The van der Waals surface area contributed by atoms with Gasteiger partial charge in [-0.3, -0.25) is 0 Å². The summed E-state index contributed by atoms with van der Waals surface area (Å²) in [7, 11) is 0. The Morgan fingerprint density at radius 1 is 0.889 bits per heavy atom. The van der Waals surface area contributed by atoms with E-state index in [2.05, 4.69) is 18.7 Å². The lowest BCUT2D eigenvalue weighted by molar-refractivity contribution is -0.0979. The maximum atomic E-state index is 8.63. The second-order valence-corrected chi connectivity index (χ2v) is 3.48. The maximum Gasteiger partial charge on any atom is 0.115 e. The molecule has 2 aromatic rings. The molecule has 0 bridgehead atoms. The number of allylic oxidation sites excluding steroid dienone is 1. The summed E-state index contributed by atoms with van der Waals surface area (Å²) in [5.41, 5.74) is 2.34. The Balaban J connectivity index is 0.000000289. The highest BCUT2D eigenvalue weighted by Gasteiger charge is 1.86. The van der Waals surface area contributed by atoms with Crippen LogP contribution in [0.3, 0.4) is 0 Å². The first-order valence-electron chi connectivity index (χ1n) is 5.44. The van der Waals surface area contributed by atoms with Gasteiger partial charge in [0.05, 0.1) is 0 Å². The monoisotopic (exact) mass is 242 g/mol. The van der Waals surface area contributed by atoms with Crippen molar-refractivity contribution in [1.82, 2.24) is 0 Å². The quantitative estimate of drug-likeness (QED) is 0.822. The number of carbonyl (C=O) groups is 1. The Hall–Kier alpha value is -2.35. The van der Waals surface area contributed by atoms with Crippen LogP contribution in [0.1, 0.15) is 12.5 Å². The van der Waals surface area contributed by atoms with Crippen molar-refractivity contribution < 1.29 is 9.90 Å². The van der Waals surface area contributed by atoms with Crippen LogP contribution >= 0.6 is 0 Å². The predicted octanol–water partition coefficient (Wildman–Crippen LogP) is 3.93. The topological polar surface area (TPSA) is 37.3 Å². The molecule has 2 heteroatoms. The smallest absolute Gasteiger partial charge is 0.115 e. The highest BCUT2D eigenvalue weighted by atomic mass is 16.3. The first kappa shape index (κ1) is 15.7. The van der Waals surface area contributed by atoms with Gasteiger partial charge in [-0.25, -0.2) is 0 Å². The summed E-state index contributed by atoms with van der Waals surface area (Å²) in [5, 5.41) is 8.63. The molecule has 2 aromatic carbocycles. The fourth-order valence-corrected chi connectivity index (χ4v) is 1.15. The Morgan fingerprint density at radius 3 is 1.50 bits per heavy atom. The highest BCUT2D eigenvalue weighted by Crippen LogP contribution is 2.08. The zero-order valence-electron chi connectivity index (χ0n) is 10.5. The van der Waals surface area contributed by atoms with Crippen LogP contribution in [0, 0.1) is 0 Å². The van der Waals surface area contributed by atoms with E-state index in [-0.39, 0.29) is 0 Å². The first-order chi connectivity index (χ1) is 8.70. The Morgan fingerprint density at radius 2 is 1.28 bits per heavy atom.